The summed E-state index contributed by atoms with van der Waals surface area (Å²) < 4.78 is 4.85. The van der Waals surface area contributed by atoms with Gasteiger partial charge < -0.3 is 14.0 Å². The van der Waals surface area contributed by atoms with E-state index in [0.29, 0.717) is 0 Å². The molecule has 0 atom stereocenters. The van der Waals surface area contributed by atoms with E-state index in [9.17, 15) is 0 Å². The summed E-state index contributed by atoms with van der Waals surface area (Å²) in [4.78, 5) is 2.40. The van der Waals surface area contributed by atoms with Gasteiger partial charge in [-0.05, 0) is 147 Å². The normalized spacial score (nSPS) is 12.7. The molecule has 0 radical (unpaired) electrons. The van der Waals surface area contributed by atoms with Crippen LogP contribution in [0.3, 0.4) is 0 Å². The van der Waals surface area contributed by atoms with Gasteiger partial charge in [-0.2, -0.15) is 0 Å². The van der Waals surface area contributed by atoms with Crippen LogP contribution in [-0.4, -0.2) is 9.13 Å². The van der Waals surface area contributed by atoms with Crippen LogP contribution in [0, 0.1) is 0 Å². The molecule has 0 amide bonds. The van der Waals surface area contributed by atoms with Crippen molar-refractivity contribution >= 4 is 60.7 Å². The summed E-state index contributed by atoms with van der Waals surface area (Å²) in [5.41, 5.74) is 22.7. The molecule has 1 aliphatic rings. The highest BCUT2D eigenvalue weighted by molar-refractivity contribution is 6.11. The number of rotatable bonds is 8. The van der Waals surface area contributed by atoms with Crippen molar-refractivity contribution in [2.24, 2.45) is 0 Å². The third-order valence-corrected chi connectivity index (χ3v) is 15.3. The fraction of sp³-hybridized carbons (Fsp3) is 0.0435. The first-order valence-electron chi connectivity index (χ1n) is 25.0. The van der Waals surface area contributed by atoms with Gasteiger partial charge in [-0.25, -0.2) is 0 Å². The van der Waals surface area contributed by atoms with Crippen LogP contribution < -0.4 is 4.90 Å². The zero-order valence-electron chi connectivity index (χ0n) is 40.2. The number of anilines is 3. The Morgan fingerprint density at radius 1 is 0.278 bits per heavy atom. The van der Waals surface area contributed by atoms with Gasteiger partial charge in [0, 0.05) is 55.4 Å². The molecule has 2 aromatic heterocycles. The third-order valence-electron chi connectivity index (χ3n) is 15.3. The standard InChI is InChI=1S/C69H49N3/c1-69(2)63-44-55(70(52-32-25-48(26-33-52)46-15-5-3-6-16-46)53-34-27-49(28-35-53)47-17-7-4-8-18-47)38-40-57(63)58-41-39-56(45-64(58)69)72-67-24-14-11-21-61(67)62-43-51(31-42-68(62)72)50-29-36-54(37-30-50)71-65-22-12-9-19-59(65)60-20-10-13-23-66(60)71/h3-45H,1-2H3. The highest BCUT2D eigenvalue weighted by Gasteiger charge is 2.37. The second-order valence-corrected chi connectivity index (χ2v) is 19.7. The average molecular weight is 920 g/mol. The quantitative estimate of drug-likeness (QED) is 0.148. The number of nitrogens with zero attached hydrogens (tertiary/aromatic N) is 3. The van der Waals surface area contributed by atoms with Crippen LogP contribution in [0.4, 0.5) is 17.1 Å². The molecule has 0 unspecified atom stereocenters. The molecule has 0 N–H and O–H groups in total. The van der Waals surface area contributed by atoms with Gasteiger partial charge in [0.25, 0.3) is 0 Å². The average Bonchev–Trinajstić information content (AvgIpc) is 4.04. The molecule has 1 aliphatic carbocycles. The molecule has 11 aromatic carbocycles. The van der Waals surface area contributed by atoms with Crippen molar-refractivity contribution in [2.45, 2.75) is 19.3 Å². The number of fused-ring (bicyclic) bond motifs is 9. The Kier molecular flexibility index (Phi) is 9.56. The van der Waals surface area contributed by atoms with Crippen LogP contribution >= 0.6 is 0 Å². The molecule has 72 heavy (non-hydrogen) atoms. The van der Waals surface area contributed by atoms with Crippen LogP contribution in [0.2, 0.25) is 0 Å². The fourth-order valence-electron chi connectivity index (χ4n) is 11.7. The zero-order chi connectivity index (χ0) is 47.9. The van der Waals surface area contributed by atoms with Gasteiger partial charge in [0.2, 0.25) is 0 Å². The molecule has 0 saturated carbocycles. The first kappa shape index (κ1) is 41.8. The van der Waals surface area contributed by atoms with Crippen molar-refractivity contribution in [3.63, 3.8) is 0 Å². The van der Waals surface area contributed by atoms with Gasteiger partial charge in [-0.15, -0.1) is 0 Å². The van der Waals surface area contributed by atoms with Crippen molar-refractivity contribution in [1.82, 2.24) is 9.13 Å². The van der Waals surface area contributed by atoms with Crippen molar-refractivity contribution in [3.05, 3.63) is 272 Å². The number of aromatic nitrogens is 2. The topological polar surface area (TPSA) is 13.1 Å². The van der Waals surface area contributed by atoms with E-state index in [1.165, 1.54) is 105 Å². The van der Waals surface area contributed by atoms with Crippen LogP contribution in [-0.2, 0) is 5.41 Å². The van der Waals surface area contributed by atoms with E-state index >= 15 is 0 Å². The van der Waals surface area contributed by atoms with E-state index in [-0.39, 0.29) is 5.41 Å². The monoisotopic (exact) mass is 919 g/mol. The Balaban J connectivity index is 0.823. The lowest BCUT2D eigenvalue weighted by molar-refractivity contribution is 0.660. The van der Waals surface area contributed by atoms with Crippen LogP contribution in [0.25, 0.3) is 99.5 Å². The smallest absolute Gasteiger partial charge is 0.0541 e. The molecule has 3 heteroatoms. The summed E-state index contributed by atoms with van der Waals surface area (Å²) in [5, 5.41) is 5.04. The van der Waals surface area contributed by atoms with Gasteiger partial charge in [-0.1, -0.05) is 184 Å². The number of hydrogen-bond donors (Lipinski definition) is 0. The van der Waals surface area contributed by atoms with Crippen LogP contribution in [0.5, 0.6) is 0 Å². The second-order valence-electron chi connectivity index (χ2n) is 19.7. The minimum absolute atomic E-state index is 0.256. The van der Waals surface area contributed by atoms with E-state index < -0.39 is 0 Å². The van der Waals surface area contributed by atoms with Gasteiger partial charge in [-0.3, -0.25) is 0 Å². The van der Waals surface area contributed by atoms with E-state index in [0.717, 1.165) is 22.7 Å². The SMILES string of the molecule is CC1(C)c2cc(N(c3ccc(-c4ccccc4)cc3)c3ccc(-c4ccccc4)cc3)ccc2-c2ccc(-n3c4ccccc4c4cc(-c5ccc(-n6c7ccccc7c7ccccc76)cc5)ccc43)cc21. The third kappa shape index (κ3) is 6.66. The van der Waals surface area contributed by atoms with E-state index in [1.54, 1.807) is 0 Å². The van der Waals surface area contributed by atoms with E-state index in [1.807, 2.05) is 0 Å². The Morgan fingerprint density at radius 3 is 1.21 bits per heavy atom. The van der Waals surface area contributed by atoms with Gasteiger partial charge >= 0.3 is 0 Å². The van der Waals surface area contributed by atoms with Crippen molar-refractivity contribution in [1.29, 1.82) is 0 Å². The summed E-state index contributed by atoms with van der Waals surface area (Å²) in [7, 11) is 0. The maximum absolute atomic E-state index is 2.46. The summed E-state index contributed by atoms with van der Waals surface area (Å²) in [6.45, 7) is 4.78. The molecule has 3 nitrogen and oxygen atoms in total. The first-order valence-corrected chi connectivity index (χ1v) is 25.0. The van der Waals surface area contributed by atoms with Crippen LogP contribution in [0.15, 0.2) is 261 Å². The zero-order valence-corrected chi connectivity index (χ0v) is 40.2. The summed E-state index contributed by atoms with van der Waals surface area (Å²) in [5.74, 6) is 0. The second kappa shape index (κ2) is 16.5. The number of benzene rings is 11. The van der Waals surface area contributed by atoms with Crippen molar-refractivity contribution in [2.75, 3.05) is 4.90 Å². The predicted molar refractivity (Wildman–Crippen MR) is 304 cm³/mol. The summed E-state index contributed by atoms with van der Waals surface area (Å²) >= 11 is 0. The minimum Gasteiger partial charge on any atom is -0.310 e. The Bertz CT molecular complexity index is 4060. The fourth-order valence-corrected chi connectivity index (χ4v) is 11.7. The molecule has 14 rings (SSSR count). The summed E-state index contributed by atoms with van der Waals surface area (Å²) in [6, 6.07) is 95.8. The van der Waals surface area contributed by atoms with Crippen LogP contribution in [0.1, 0.15) is 25.0 Å². The highest BCUT2D eigenvalue weighted by atomic mass is 15.1. The number of para-hydroxylation sites is 3. The highest BCUT2D eigenvalue weighted by Crippen LogP contribution is 2.52. The minimum atomic E-state index is -0.256. The first-order chi connectivity index (χ1) is 35.5. The Morgan fingerprint density at radius 2 is 0.653 bits per heavy atom. The molecule has 2 heterocycles. The number of hydrogen-bond acceptors (Lipinski definition) is 1. The van der Waals surface area contributed by atoms with Gasteiger partial charge in [0.1, 0.15) is 0 Å². The largest absolute Gasteiger partial charge is 0.310 e. The molecular formula is C69H49N3. The molecule has 340 valence electrons. The molecule has 0 spiro atoms. The Labute approximate surface area is 419 Å². The lowest BCUT2D eigenvalue weighted by Crippen LogP contribution is -2.17. The molecule has 13 aromatic rings. The molecule has 0 aliphatic heterocycles. The molecular weight excluding hydrogens is 871 g/mol. The van der Waals surface area contributed by atoms with E-state index in [4.69, 9.17) is 0 Å². The lowest BCUT2D eigenvalue weighted by atomic mass is 9.82. The molecule has 0 bridgehead atoms. The van der Waals surface area contributed by atoms with E-state index in [2.05, 4.69) is 289 Å². The van der Waals surface area contributed by atoms with Crippen molar-refractivity contribution < 1.29 is 0 Å². The van der Waals surface area contributed by atoms with Gasteiger partial charge in [0.15, 0.2) is 0 Å². The lowest BCUT2D eigenvalue weighted by Gasteiger charge is -2.28. The van der Waals surface area contributed by atoms with Gasteiger partial charge in [0.05, 0.1) is 22.1 Å². The maximum Gasteiger partial charge on any atom is 0.0541 e. The maximum atomic E-state index is 2.46. The molecule has 0 fully saturated rings. The van der Waals surface area contributed by atoms with Crippen molar-refractivity contribution in [3.8, 4) is 55.9 Å². The Hall–Kier alpha value is -9.18. The summed E-state index contributed by atoms with van der Waals surface area (Å²) in [6.07, 6.45) is 0. The predicted octanol–water partition coefficient (Wildman–Crippen LogP) is 18.7. The molecule has 0 saturated heterocycles.